The molecule has 12 aromatic carbocycles. The summed E-state index contributed by atoms with van der Waals surface area (Å²) in [5, 5.41) is 17.1. The van der Waals surface area contributed by atoms with Gasteiger partial charge in [0, 0.05) is 41.7 Å². The molecule has 310 valence electrons. The van der Waals surface area contributed by atoms with Gasteiger partial charge in [0.15, 0.2) is 0 Å². The summed E-state index contributed by atoms with van der Waals surface area (Å²) in [6, 6.07) is 80.0. The van der Waals surface area contributed by atoms with Crippen molar-refractivity contribution >= 4 is 118 Å². The van der Waals surface area contributed by atoms with E-state index in [4.69, 9.17) is 8.83 Å². The number of para-hydroxylation sites is 2. The monoisotopic (exact) mass is 868 g/mol. The smallest absolute Gasteiger partial charge is 0.135 e. The first-order chi connectivity index (χ1) is 33.2. The van der Waals surface area contributed by atoms with Crippen LogP contribution in [0, 0.1) is 0 Å². The Bertz CT molecular complexity index is 4470. The third-order valence-electron chi connectivity index (χ3n) is 14.2. The summed E-state index contributed by atoms with van der Waals surface area (Å²) in [6.07, 6.45) is 0. The predicted octanol–water partition coefficient (Wildman–Crippen LogP) is 19.1. The summed E-state index contributed by atoms with van der Waals surface area (Å²) in [5.74, 6) is 0. The first kappa shape index (κ1) is 36.8. The van der Waals surface area contributed by atoms with Crippen molar-refractivity contribution in [2.24, 2.45) is 0 Å². The summed E-state index contributed by atoms with van der Waals surface area (Å²) in [5.41, 5.74) is 13.5. The number of rotatable bonds is 4. The van der Waals surface area contributed by atoms with Crippen LogP contribution in [0.5, 0.6) is 0 Å². The predicted molar refractivity (Wildman–Crippen MR) is 286 cm³/mol. The van der Waals surface area contributed by atoms with Gasteiger partial charge in [0.1, 0.15) is 22.3 Å². The Morgan fingerprint density at radius 3 is 0.940 bits per heavy atom. The highest BCUT2D eigenvalue weighted by Crippen LogP contribution is 2.49. The minimum atomic E-state index is 0.909. The molecule has 0 saturated carbocycles. The fourth-order valence-corrected chi connectivity index (χ4v) is 12.5. The van der Waals surface area contributed by atoms with Crippen LogP contribution >= 0.6 is 11.3 Å². The van der Waals surface area contributed by atoms with Crippen molar-refractivity contribution in [1.29, 1.82) is 0 Å². The number of thiophene rings is 1. The van der Waals surface area contributed by atoms with E-state index < -0.39 is 0 Å². The molecule has 3 heterocycles. The van der Waals surface area contributed by atoms with E-state index in [0.29, 0.717) is 0 Å². The van der Waals surface area contributed by atoms with Gasteiger partial charge in [-0.2, -0.15) is 0 Å². The minimum Gasteiger partial charge on any atom is -0.456 e. The molecule has 0 spiro atoms. The Morgan fingerprint density at radius 2 is 0.522 bits per heavy atom. The van der Waals surface area contributed by atoms with E-state index in [1.807, 2.05) is 23.5 Å². The topological polar surface area (TPSA) is 26.3 Å². The third kappa shape index (κ3) is 5.38. The van der Waals surface area contributed by atoms with E-state index in [1.54, 1.807) is 0 Å². The second kappa shape index (κ2) is 14.0. The van der Waals surface area contributed by atoms with Gasteiger partial charge in [-0.05, 0) is 142 Å². The SMILES string of the molecule is c1ccc2c(c1)oc1ccc(-c3c4ccccc4c(-c4ccc5c(c4)sc4ccc(-c6c7ccccc7c(-c7ccc8oc9ccccc9c8c7)c7ccccc67)cc45)c4ccccc34)cc12. The maximum Gasteiger partial charge on any atom is 0.135 e. The molecular weight excluding hydrogens is 833 g/mol. The van der Waals surface area contributed by atoms with Gasteiger partial charge in [0.05, 0.1) is 0 Å². The number of furan rings is 2. The van der Waals surface area contributed by atoms with Crippen molar-refractivity contribution in [3.05, 3.63) is 218 Å². The molecule has 0 bridgehead atoms. The van der Waals surface area contributed by atoms with Crippen LogP contribution in [0.25, 0.3) is 152 Å². The van der Waals surface area contributed by atoms with Crippen LogP contribution in [0.1, 0.15) is 0 Å². The van der Waals surface area contributed by atoms with E-state index in [0.717, 1.165) is 43.9 Å². The zero-order chi connectivity index (χ0) is 43.7. The second-order valence-corrected chi connectivity index (χ2v) is 18.9. The second-order valence-electron chi connectivity index (χ2n) is 17.8. The fourth-order valence-electron chi connectivity index (χ4n) is 11.4. The number of hydrogen-bond acceptors (Lipinski definition) is 3. The maximum absolute atomic E-state index is 6.25. The highest BCUT2D eigenvalue weighted by atomic mass is 32.1. The Labute approximate surface area is 388 Å². The lowest BCUT2D eigenvalue weighted by atomic mass is 9.85. The first-order valence-electron chi connectivity index (χ1n) is 22.9. The molecule has 0 aliphatic carbocycles. The molecule has 2 nitrogen and oxygen atoms in total. The standard InChI is InChI=1S/C64H36O2S/c1-3-17-46-44(15-1)61(37-26-30-57-52(33-37)41-13-9-11-23-55(41)65-57)45-16-2-4-18-47(45)63(46)39-28-32-59-54(35-39)43-29-25-40(36-60(43)67-59)64-50-21-7-5-19-48(50)62(49-20-6-8-22-51(49)64)38-27-31-58-53(34-38)42-14-10-12-24-56(42)66-58/h1-36H. The van der Waals surface area contributed by atoms with E-state index in [9.17, 15) is 0 Å². The van der Waals surface area contributed by atoms with Gasteiger partial charge in [0.25, 0.3) is 0 Å². The summed E-state index contributed by atoms with van der Waals surface area (Å²) in [7, 11) is 0. The lowest BCUT2D eigenvalue weighted by Gasteiger charge is -2.18. The van der Waals surface area contributed by atoms with Crippen LogP contribution in [0.4, 0.5) is 0 Å². The van der Waals surface area contributed by atoms with Crippen LogP contribution in [0.3, 0.4) is 0 Å². The van der Waals surface area contributed by atoms with E-state index >= 15 is 0 Å². The average Bonchev–Trinajstić information content (AvgIpc) is 4.07. The molecular formula is C64H36O2S. The first-order valence-corrected chi connectivity index (χ1v) is 23.7. The molecule has 0 amide bonds. The minimum absolute atomic E-state index is 0.909. The van der Waals surface area contributed by atoms with Crippen molar-refractivity contribution in [2.75, 3.05) is 0 Å². The van der Waals surface area contributed by atoms with Crippen LogP contribution in [-0.4, -0.2) is 0 Å². The van der Waals surface area contributed by atoms with Crippen LogP contribution in [0.2, 0.25) is 0 Å². The lowest BCUT2D eigenvalue weighted by Crippen LogP contribution is -1.91. The summed E-state index contributed by atoms with van der Waals surface area (Å²) in [4.78, 5) is 0. The highest BCUT2D eigenvalue weighted by Gasteiger charge is 2.21. The van der Waals surface area contributed by atoms with Crippen molar-refractivity contribution in [3.8, 4) is 44.5 Å². The lowest BCUT2D eigenvalue weighted by molar-refractivity contribution is 0.668. The number of hydrogen-bond donors (Lipinski definition) is 0. The van der Waals surface area contributed by atoms with E-state index in [2.05, 4.69) is 206 Å². The van der Waals surface area contributed by atoms with E-state index in [1.165, 1.54) is 108 Å². The molecule has 0 aliphatic heterocycles. The molecule has 3 aromatic heterocycles. The Morgan fingerprint density at radius 1 is 0.209 bits per heavy atom. The highest BCUT2D eigenvalue weighted by molar-refractivity contribution is 7.25. The Kier molecular flexibility index (Phi) is 7.69. The normalized spacial score (nSPS) is 12.2. The van der Waals surface area contributed by atoms with Gasteiger partial charge in [0.2, 0.25) is 0 Å². The van der Waals surface area contributed by atoms with Gasteiger partial charge in [-0.1, -0.05) is 164 Å². The molecule has 67 heavy (non-hydrogen) atoms. The van der Waals surface area contributed by atoms with Gasteiger partial charge < -0.3 is 8.83 Å². The van der Waals surface area contributed by atoms with Gasteiger partial charge in [-0.15, -0.1) is 11.3 Å². The number of benzene rings is 12. The molecule has 3 heteroatoms. The molecule has 15 aromatic rings. The third-order valence-corrected chi connectivity index (χ3v) is 15.4. The van der Waals surface area contributed by atoms with Gasteiger partial charge in [-0.3, -0.25) is 0 Å². The van der Waals surface area contributed by atoms with Crippen LogP contribution in [-0.2, 0) is 0 Å². The van der Waals surface area contributed by atoms with Crippen LogP contribution in [0.15, 0.2) is 227 Å². The zero-order valence-corrected chi connectivity index (χ0v) is 36.8. The molecule has 0 radical (unpaired) electrons. The zero-order valence-electron chi connectivity index (χ0n) is 36.0. The molecule has 15 rings (SSSR count). The molecule has 0 fully saturated rings. The number of fused-ring (bicyclic) bond motifs is 13. The molecule has 0 aliphatic rings. The van der Waals surface area contributed by atoms with Crippen molar-refractivity contribution < 1.29 is 8.83 Å². The molecule has 0 unspecified atom stereocenters. The van der Waals surface area contributed by atoms with E-state index in [-0.39, 0.29) is 0 Å². The molecule has 0 N–H and O–H groups in total. The van der Waals surface area contributed by atoms with Gasteiger partial charge in [-0.25, -0.2) is 0 Å². The average molecular weight is 869 g/mol. The Balaban J connectivity index is 0.898. The molecule has 0 saturated heterocycles. The van der Waals surface area contributed by atoms with Gasteiger partial charge >= 0.3 is 0 Å². The largest absolute Gasteiger partial charge is 0.456 e. The summed E-state index contributed by atoms with van der Waals surface area (Å²) >= 11 is 1.88. The van der Waals surface area contributed by atoms with Crippen LogP contribution < -0.4 is 0 Å². The Hall–Kier alpha value is -8.50. The quantitative estimate of drug-likeness (QED) is 0.165. The summed E-state index contributed by atoms with van der Waals surface area (Å²) < 4.78 is 15.1. The van der Waals surface area contributed by atoms with Crippen molar-refractivity contribution in [3.63, 3.8) is 0 Å². The van der Waals surface area contributed by atoms with Crippen molar-refractivity contribution in [1.82, 2.24) is 0 Å². The summed E-state index contributed by atoms with van der Waals surface area (Å²) in [6.45, 7) is 0. The maximum atomic E-state index is 6.25. The van der Waals surface area contributed by atoms with Crippen molar-refractivity contribution in [2.45, 2.75) is 0 Å². The fraction of sp³-hybridized carbons (Fsp3) is 0. The molecule has 0 atom stereocenters.